The van der Waals surface area contributed by atoms with E-state index in [1.807, 2.05) is 13.0 Å². The molecule has 0 fully saturated rings. The maximum absolute atomic E-state index is 11.3. The van der Waals surface area contributed by atoms with Crippen LogP contribution in [-0.4, -0.2) is 46.3 Å². The topological polar surface area (TPSA) is 82.6 Å². The molecule has 1 aromatic heterocycles. The minimum Gasteiger partial charge on any atom is -0.357 e. The summed E-state index contributed by atoms with van der Waals surface area (Å²) in [4.78, 5) is 5.86. The zero-order valence-corrected chi connectivity index (χ0v) is 15.1. The highest BCUT2D eigenvalue weighted by Gasteiger charge is 2.07. The molecule has 0 bridgehead atoms. The predicted octanol–water partition coefficient (Wildman–Crippen LogP) is 1.35. The number of nitrogens with zero attached hydrogens (tertiary/aromatic N) is 1. The minimum atomic E-state index is -3.13. The van der Waals surface area contributed by atoms with E-state index >= 15 is 0 Å². The van der Waals surface area contributed by atoms with Gasteiger partial charge < -0.3 is 10.6 Å². The van der Waals surface area contributed by atoms with Crippen LogP contribution in [0.1, 0.15) is 31.6 Å². The van der Waals surface area contributed by atoms with Gasteiger partial charge in [0.05, 0.1) is 12.3 Å². The molecule has 1 unspecified atom stereocenters. The molecule has 0 aliphatic carbocycles. The average Bonchev–Trinajstić information content (AvgIpc) is 3.03. The van der Waals surface area contributed by atoms with E-state index in [9.17, 15) is 8.42 Å². The highest BCUT2D eigenvalue weighted by atomic mass is 32.2. The lowest BCUT2D eigenvalue weighted by molar-refractivity contribution is 0.581. The molecule has 0 aliphatic rings. The van der Waals surface area contributed by atoms with E-state index in [0.717, 1.165) is 6.54 Å². The third-order valence-corrected chi connectivity index (χ3v) is 5.52. The van der Waals surface area contributed by atoms with Crippen molar-refractivity contribution in [3.8, 4) is 0 Å². The zero-order chi connectivity index (χ0) is 16.4. The van der Waals surface area contributed by atoms with Gasteiger partial charge in [0.1, 0.15) is 0 Å². The van der Waals surface area contributed by atoms with Gasteiger partial charge in [-0.3, -0.25) is 4.99 Å². The monoisotopic (exact) mass is 346 g/mol. The SMILES string of the molecule is CCNC(=NCC(C)c1cccs1)NCCNS(=O)(=O)CC. The van der Waals surface area contributed by atoms with Crippen molar-refractivity contribution < 1.29 is 8.42 Å². The molecule has 1 rings (SSSR count). The third kappa shape index (κ3) is 7.24. The number of aliphatic imine (C=N–C) groups is 1. The first-order valence-electron chi connectivity index (χ1n) is 7.51. The molecule has 6 nitrogen and oxygen atoms in total. The Labute approximate surface area is 137 Å². The Morgan fingerprint density at radius 1 is 1.32 bits per heavy atom. The summed E-state index contributed by atoms with van der Waals surface area (Å²) >= 11 is 1.74. The quantitative estimate of drug-likeness (QED) is 0.358. The van der Waals surface area contributed by atoms with Crippen molar-refractivity contribution in [3.63, 3.8) is 0 Å². The Balaban J connectivity index is 2.42. The summed E-state index contributed by atoms with van der Waals surface area (Å²) < 4.78 is 25.2. The van der Waals surface area contributed by atoms with Crippen LogP contribution in [-0.2, 0) is 10.0 Å². The van der Waals surface area contributed by atoms with Gasteiger partial charge in [-0.25, -0.2) is 13.1 Å². The molecule has 3 N–H and O–H groups in total. The number of nitrogens with one attached hydrogen (secondary N) is 3. The van der Waals surface area contributed by atoms with Gasteiger partial charge in [-0.1, -0.05) is 13.0 Å². The third-order valence-electron chi connectivity index (χ3n) is 3.02. The molecule has 0 saturated heterocycles. The molecule has 1 heterocycles. The largest absolute Gasteiger partial charge is 0.357 e. The smallest absolute Gasteiger partial charge is 0.211 e. The normalized spacial score (nSPS) is 13.9. The van der Waals surface area contributed by atoms with Gasteiger partial charge in [-0.15, -0.1) is 11.3 Å². The molecule has 0 radical (unpaired) electrons. The van der Waals surface area contributed by atoms with Crippen LogP contribution in [0.5, 0.6) is 0 Å². The van der Waals surface area contributed by atoms with Gasteiger partial charge in [0, 0.05) is 30.4 Å². The minimum absolute atomic E-state index is 0.0967. The van der Waals surface area contributed by atoms with Crippen molar-refractivity contribution in [2.45, 2.75) is 26.7 Å². The standard InChI is InChI=1S/C14H26N4O2S2/c1-4-15-14(16-8-9-18-22(19,20)5-2)17-11-12(3)13-7-6-10-21-13/h6-7,10,12,18H,4-5,8-9,11H2,1-3H3,(H2,15,16,17). The summed E-state index contributed by atoms with van der Waals surface area (Å²) in [5.74, 6) is 1.18. The van der Waals surface area contributed by atoms with Gasteiger partial charge in [0.15, 0.2) is 5.96 Å². The first-order chi connectivity index (χ1) is 10.5. The molecule has 0 aliphatic heterocycles. The first-order valence-corrected chi connectivity index (χ1v) is 10.0. The van der Waals surface area contributed by atoms with Crippen molar-refractivity contribution in [1.82, 2.24) is 15.4 Å². The number of hydrogen-bond acceptors (Lipinski definition) is 4. The summed E-state index contributed by atoms with van der Waals surface area (Å²) in [5.41, 5.74) is 0. The summed E-state index contributed by atoms with van der Waals surface area (Å²) in [6, 6.07) is 4.16. The highest BCUT2D eigenvalue weighted by Crippen LogP contribution is 2.20. The van der Waals surface area contributed by atoms with Gasteiger partial charge in [-0.05, 0) is 25.3 Å². The lowest BCUT2D eigenvalue weighted by Crippen LogP contribution is -2.41. The molecule has 22 heavy (non-hydrogen) atoms. The van der Waals surface area contributed by atoms with Crippen molar-refractivity contribution >= 4 is 27.3 Å². The van der Waals surface area contributed by atoms with Gasteiger partial charge in [0.2, 0.25) is 10.0 Å². The van der Waals surface area contributed by atoms with Crippen LogP contribution in [0.4, 0.5) is 0 Å². The molecule has 0 spiro atoms. The Bertz CT molecular complexity index is 541. The van der Waals surface area contributed by atoms with Gasteiger partial charge in [0.25, 0.3) is 0 Å². The molecular formula is C14H26N4O2S2. The van der Waals surface area contributed by atoms with E-state index in [0.29, 0.717) is 31.5 Å². The van der Waals surface area contributed by atoms with Crippen molar-refractivity contribution in [2.24, 2.45) is 4.99 Å². The summed E-state index contributed by atoms with van der Waals surface area (Å²) in [5, 5.41) is 8.36. The van der Waals surface area contributed by atoms with Gasteiger partial charge >= 0.3 is 0 Å². The van der Waals surface area contributed by atoms with Crippen LogP contribution < -0.4 is 15.4 Å². The molecule has 0 saturated carbocycles. The Morgan fingerprint density at radius 3 is 2.68 bits per heavy atom. The molecular weight excluding hydrogens is 320 g/mol. The molecule has 0 aromatic carbocycles. The van der Waals surface area contributed by atoms with Crippen LogP contribution in [0.3, 0.4) is 0 Å². The summed E-state index contributed by atoms with van der Waals surface area (Å²) in [6.07, 6.45) is 0. The number of guanidine groups is 1. The molecule has 1 atom stereocenters. The van der Waals surface area contributed by atoms with Gasteiger partial charge in [-0.2, -0.15) is 0 Å². The van der Waals surface area contributed by atoms with E-state index < -0.39 is 10.0 Å². The second-order valence-corrected chi connectivity index (χ2v) is 7.94. The summed E-state index contributed by atoms with van der Waals surface area (Å²) in [6.45, 7) is 8.07. The molecule has 1 aromatic rings. The van der Waals surface area contributed by atoms with Crippen LogP contribution >= 0.6 is 11.3 Å². The van der Waals surface area contributed by atoms with Crippen molar-refractivity contribution in [2.75, 3.05) is 31.9 Å². The van der Waals surface area contributed by atoms with Crippen LogP contribution in [0, 0.1) is 0 Å². The maximum atomic E-state index is 11.3. The lowest BCUT2D eigenvalue weighted by atomic mass is 10.1. The number of rotatable bonds is 9. The number of sulfonamides is 1. The van der Waals surface area contributed by atoms with Crippen LogP contribution in [0.2, 0.25) is 0 Å². The zero-order valence-electron chi connectivity index (χ0n) is 13.4. The van der Waals surface area contributed by atoms with Crippen LogP contribution in [0.25, 0.3) is 0 Å². The Kier molecular flexibility index (Phi) is 8.44. The fourth-order valence-electron chi connectivity index (χ4n) is 1.72. The van der Waals surface area contributed by atoms with Crippen LogP contribution in [0.15, 0.2) is 22.5 Å². The number of thiophene rings is 1. The van der Waals surface area contributed by atoms with E-state index in [2.05, 4.69) is 38.7 Å². The number of hydrogen-bond donors (Lipinski definition) is 3. The molecule has 126 valence electrons. The van der Waals surface area contributed by atoms with E-state index in [4.69, 9.17) is 0 Å². The second-order valence-electron chi connectivity index (χ2n) is 4.86. The predicted molar refractivity (Wildman–Crippen MR) is 94.2 cm³/mol. The first kappa shape index (κ1) is 18.9. The lowest BCUT2D eigenvalue weighted by Gasteiger charge is -2.13. The van der Waals surface area contributed by atoms with E-state index in [1.165, 1.54) is 4.88 Å². The van der Waals surface area contributed by atoms with Crippen molar-refractivity contribution in [1.29, 1.82) is 0 Å². The average molecular weight is 347 g/mol. The molecule has 8 heteroatoms. The summed E-state index contributed by atoms with van der Waals surface area (Å²) in [7, 11) is -3.13. The fraction of sp³-hybridized carbons (Fsp3) is 0.643. The fourth-order valence-corrected chi connectivity index (χ4v) is 3.12. The molecule has 0 amide bonds. The highest BCUT2D eigenvalue weighted by molar-refractivity contribution is 7.89. The van der Waals surface area contributed by atoms with E-state index in [1.54, 1.807) is 18.3 Å². The maximum Gasteiger partial charge on any atom is 0.211 e. The second kappa shape index (κ2) is 9.81. The Morgan fingerprint density at radius 2 is 2.09 bits per heavy atom. The Hall–Kier alpha value is -1.12. The van der Waals surface area contributed by atoms with Crippen molar-refractivity contribution in [3.05, 3.63) is 22.4 Å². The van der Waals surface area contributed by atoms with E-state index in [-0.39, 0.29) is 5.75 Å².